The van der Waals surface area contributed by atoms with Crippen molar-refractivity contribution in [3.8, 4) is 0 Å². The number of amides is 1. The van der Waals surface area contributed by atoms with Gasteiger partial charge in [0.15, 0.2) is 6.04 Å². The summed E-state index contributed by atoms with van der Waals surface area (Å²) in [6.45, 7) is 5.54. The van der Waals surface area contributed by atoms with Gasteiger partial charge in [0.1, 0.15) is 11.5 Å². The van der Waals surface area contributed by atoms with Crippen molar-refractivity contribution in [3.05, 3.63) is 29.1 Å². The van der Waals surface area contributed by atoms with Gasteiger partial charge in [-0.1, -0.05) is 33.3 Å². The van der Waals surface area contributed by atoms with Gasteiger partial charge in [0.2, 0.25) is 12.1 Å². The summed E-state index contributed by atoms with van der Waals surface area (Å²) in [4.78, 5) is 16.3. The van der Waals surface area contributed by atoms with Gasteiger partial charge in [-0.15, -0.1) is 0 Å². The van der Waals surface area contributed by atoms with Crippen molar-refractivity contribution in [1.29, 1.82) is 0 Å². The van der Waals surface area contributed by atoms with Gasteiger partial charge in [-0.25, -0.2) is 9.72 Å². The molecule has 0 atom stereocenters. The first-order valence-electron chi connectivity index (χ1n) is 7.95. The summed E-state index contributed by atoms with van der Waals surface area (Å²) in [6.07, 6.45) is 6.87. The smallest absolute Gasteiger partial charge is 0.230 e. The van der Waals surface area contributed by atoms with Crippen molar-refractivity contribution in [2.75, 3.05) is 5.32 Å². The summed E-state index contributed by atoms with van der Waals surface area (Å²) in [5, 5.41) is 15.0. The summed E-state index contributed by atoms with van der Waals surface area (Å²) in [5.74, 6) is 0.383. The molecule has 120 valence electrons. The van der Waals surface area contributed by atoms with E-state index < -0.39 is 5.41 Å². The Kier molecular flexibility index (Phi) is 5.16. The minimum atomic E-state index is -0.478. The lowest BCUT2D eigenvalue weighted by atomic mass is 9.96. The van der Waals surface area contributed by atoms with Crippen molar-refractivity contribution in [2.45, 2.75) is 58.9 Å². The lowest BCUT2D eigenvalue weighted by Crippen LogP contribution is -2.28. The maximum Gasteiger partial charge on any atom is 0.230 e. The van der Waals surface area contributed by atoms with E-state index in [-0.39, 0.29) is 11.9 Å². The quantitative estimate of drug-likeness (QED) is 0.403. The molecule has 1 aliphatic carbocycles. The minimum Gasteiger partial charge on any atom is -0.624 e. The van der Waals surface area contributed by atoms with Crippen LogP contribution < -0.4 is 5.32 Å². The van der Waals surface area contributed by atoms with Crippen molar-refractivity contribution in [2.24, 2.45) is 5.41 Å². The van der Waals surface area contributed by atoms with E-state index in [4.69, 9.17) is 0 Å². The zero-order chi connectivity index (χ0) is 16.2. The number of anilines is 1. The maximum absolute atomic E-state index is 12.2. The van der Waals surface area contributed by atoms with E-state index in [0.717, 1.165) is 30.4 Å². The first-order chi connectivity index (χ1) is 10.4. The molecule has 1 saturated carbocycles. The number of nitrogens with zero attached hydrogens (tertiary/aromatic N) is 2. The van der Waals surface area contributed by atoms with Crippen LogP contribution in [0.5, 0.6) is 0 Å². The number of carbonyl (C=O) groups is 1. The molecule has 1 aromatic rings. The average molecular weight is 303 g/mol. The SMILES string of the molecule is CC(C)(C)C(=O)Nc1cccc(C=[N+]([O-])C2CCCCC2)n1. The second-order valence-corrected chi connectivity index (χ2v) is 6.93. The summed E-state index contributed by atoms with van der Waals surface area (Å²) >= 11 is 0. The molecule has 1 N–H and O–H groups in total. The molecular weight excluding hydrogens is 278 g/mol. The van der Waals surface area contributed by atoms with Crippen LogP contribution in [0, 0.1) is 10.6 Å². The highest BCUT2D eigenvalue weighted by molar-refractivity contribution is 5.93. The largest absolute Gasteiger partial charge is 0.624 e. The molecule has 0 aliphatic heterocycles. The molecule has 0 unspecified atom stereocenters. The highest BCUT2D eigenvalue weighted by Gasteiger charge is 2.22. The van der Waals surface area contributed by atoms with Crippen molar-refractivity contribution in [3.63, 3.8) is 0 Å². The fourth-order valence-corrected chi connectivity index (χ4v) is 2.47. The molecular formula is C17H25N3O2. The van der Waals surface area contributed by atoms with Gasteiger partial charge < -0.3 is 10.5 Å². The molecule has 5 nitrogen and oxygen atoms in total. The second kappa shape index (κ2) is 6.90. The number of hydrogen-bond acceptors (Lipinski definition) is 3. The molecule has 0 radical (unpaired) electrons. The van der Waals surface area contributed by atoms with Gasteiger partial charge in [0, 0.05) is 18.3 Å². The summed E-state index contributed by atoms with van der Waals surface area (Å²) < 4.78 is 1.02. The van der Waals surface area contributed by atoms with Crippen molar-refractivity contribution < 1.29 is 9.53 Å². The number of carbonyl (C=O) groups excluding carboxylic acids is 1. The second-order valence-electron chi connectivity index (χ2n) is 6.93. The maximum atomic E-state index is 12.2. The molecule has 0 spiro atoms. The molecule has 0 bridgehead atoms. The van der Waals surface area contributed by atoms with E-state index in [1.165, 1.54) is 12.6 Å². The van der Waals surface area contributed by atoms with Crippen molar-refractivity contribution >= 4 is 17.9 Å². The predicted molar refractivity (Wildman–Crippen MR) is 88.0 cm³/mol. The van der Waals surface area contributed by atoms with Gasteiger partial charge in [-0.3, -0.25) is 4.79 Å². The van der Waals surface area contributed by atoms with Crippen LogP contribution in [0.15, 0.2) is 18.2 Å². The molecule has 1 fully saturated rings. The topological polar surface area (TPSA) is 68.1 Å². The zero-order valence-corrected chi connectivity index (χ0v) is 13.6. The third-order valence-corrected chi connectivity index (χ3v) is 3.89. The zero-order valence-electron chi connectivity index (χ0n) is 13.6. The number of rotatable bonds is 3. The Labute approximate surface area is 132 Å². The molecule has 0 aromatic carbocycles. The Bertz CT molecular complexity index is 555. The Morgan fingerprint density at radius 1 is 1.32 bits per heavy atom. The number of hydrogen-bond donors (Lipinski definition) is 1. The number of pyridine rings is 1. The first kappa shape index (κ1) is 16.5. The van der Waals surface area contributed by atoms with Crippen LogP contribution >= 0.6 is 0 Å². The molecule has 1 amide bonds. The van der Waals surface area contributed by atoms with E-state index in [0.29, 0.717) is 11.5 Å². The van der Waals surface area contributed by atoms with Crippen molar-refractivity contribution in [1.82, 2.24) is 4.98 Å². The van der Waals surface area contributed by atoms with Crippen LogP contribution in [0.1, 0.15) is 58.6 Å². The van der Waals surface area contributed by atoms with Crippen LogP contribution in [0.25, 0.3) is 0 Å². The van der Waals surface area contributed by atoms with Gasteiger partial charge in [-0.2, -0.15) is 0 Å². The molecule has 2 rings (SSSR count). The molecule has 1 heterocycles. The third-order valence-electron chi connectivity index (χ3n) is 3.89. The monoisotopic (exact) mass is 303 g/mol. The Morgan fingerprint density at radius 3 is 2.64 bits per heavy atom. The van der Waals surface area contributed by atoms with Crippen LogP contribution in [0.3, 0.4) is 0 Å². The summed E-state index contributed by atoms with van der Waals surface area (Å²) in [6, 6.07) is 5.37. The number of aromatic nitrogens is 1. The lowest BCUT2D eigenvalue weighted by Gasteiger charge is -2.20. The molecule has 0 saturated heterocycles. The van der Waals surface area contributed by atoms with Gasteiger partial charge >= 0.3 is 0 Å². The van der Waals surface area contributed by atoms with E-state index >= 15 is 0 Å². The number of nitrogens with one attached hydrogen (secondary N) is 1. The molecule has 5 heteroatoms. The summed E-state index contributed by atoms with van der Waals surface area (Å²) in [7, 11) is 0. The Balaban J connectivity index is 2.09. The highest BCUT2D eigenvalue weighted by Crippen LogP contribution is 2.20. The normalized spacial score (nSPS) is 17.3. The van der Waals surface area contributed by atoms with Crippen LogP contribution in [0.2, 0.25) is 0 Å². The van der Waals surface area contributed by atoms with E-state index in [2.05, 4.69) is 10.3 Å². The van der Waals surface area contributed by atoms with E-state index in [1.807, 2.05) is 20.8 Å². The molecule has 1 aromatic heterocycles. The minimum absolute atomic E-state index is 0.0587. The fraction of sp³-hybridized carbons (Fsp3) is 0.588. The molecule has 22 heavy (non-hydrogen) atoms. The predicted octanol–water partition coefficient (Wildman–Crippen LogP) is 3.33. The standard InChI is InChI=1S/C17H25N3O2/c1-17(2,3)16(21)19-15-11-7-8-13(18-15)12-20(22)14-9-5-4-6-10-14/h7-8,11-12,14H,4-6,9-10H2,1-3H3,(H,18,19,21). The third kappa shape index (κ3) is 4.55. The summed E-state index contributed by atoms with van der Waals surface area (Å²) in [5.41, 5.74) is 0.0981. The Hall–Kier alpha value is -1.91. The van der Waals surface area contributed by atoms with Crippen LogP contribution in [-0.2, 0) is 4.79 Å². The first-order valence-corrected chi connectivity index (χ1v) is 7.95. The van der Waals surface area contributed by atoms with Gasteiger partial charge in [0.05, 0.1) is 0 Å². The highest BCUT2D eigenvalue weighted by atomic mass is 16.5. The van der Waals surface area contributed by atoms with E-state index in [9.17, 15) is 10.0 Å². The van der Waals surface area contributed by atoms with Gasteiger partial charge in [0.25, 0.3) is 0 Å². The molecule has 1 aliphatic rings. The van der Waals surface area contributed by atoms with Gasteiger partial charge in [-0.05, 0) is 25.0 Å². The van der Waals surface area contributed by atoms with E-state index in [1.54, 1.807) is 18.2 Å². The van der Waals surface area contributed by atoms with Crippen LogP contribution in [-0.4, -0.2) is 27.9 Å². The fourth-order valence-electron chi connectivity index (χ4n) is 2.47. The number of hydroxylamine groups is 1. The Morgan fingerprint density at radius 2 is 2.00 bits per heavy atom. The average Bonchev–Trinajstić information content (AvgIpc) is 2.47. The lowest BCUT2D eigenvalue weighted by molar-refractivity contribution is -0.500. The van der Waals surface area contributed by atoms with Crippen LogP contribution in [0.4, 0.5) is 5.82 Å².